The highest BCUT2D eigenvalue weighted by molar-refractivity contribution is 7.91. The van der Waals surface area contributed by atoms with Crippen molar-refractivity contribution < 1.29 is 17.9 Å². The molecule has 0 saturated carbocycles. The van der Waals surface area contributed by atoms with Gasteiger partial charge in [0.2, 0.25) is 0 Å². The van der Waals surface area contributed by atoms with Gasteiger partial charge in [-0.15, -0.1) is 11.3 Å². The number of hydrogen-bond donors (Lipinski definition) is 0. The van der Waals surface area contributed by atoms with Crippen molar-refractivity contribution in [3.8, 4) is 0 Å². The topological polar surface area (TPSA) is 79.8 Å². The second-order valence-electron chi connectivity index (χ2n) is 7.70. The summed E-state index contributed by atoms with van der Waals surface area (Å²) in [6, 6.07) is 10.1. The van der Waals surface area contributed by atoms with Gasteiger partial charge in [0.1, 0.15) is 4.21 Å². The number of fused-ring (bicyclic) bond motifs is 2. The number of aromatic nitrogens is 1. The second kappa shape index (κ2) is 9.27. The minimum absolute atomic E-state index is 0.106. The number of carbonyl (C=O) groups is 1. The summed E-state index contributed by atoms with van der Waals surface area (Å²) >= 11 is 1.21. The van der Waals surface area contributed by atoms with Gasteiger partial charge in [-0.2, -0.15) is 4.31 Å². The fourth-order valence-corrected chi connectivity index (χ4v) is 7.81. The summed E-state index contributed by atoms with van der Waals surface area (Å²) in [4.78, 5) is 20.3. The molecule has 0 spiro atoms. The summed E-state index contributed by atoms with van der Waals surface area (Å²) in [7, 11) is -2.47. The molecule has 0 amide bonds. The van der Waals surface area contributed by atoms with Gasteiger partial charge in [-0.1, -0.05) is 32.0 Å². The van der Waals surface area contributed by atoms with E-state index in [-0.39, 0.29) is 9.77 Å². The molecule has 0 N–H and O–H groups in total. The van der Waals surface area contributed by atoms with E-state index in [4.69, 9.17) is 4.74 Å². The molecular formula is C23H27N3O4S2. The Labute approximate surface area is 192 Å². The molecule has 9 heteroatoms. The predicted octanol–water partition coefficient (Wildman–Crippen LogP) is 3.67. The Hall–Kier alpha value is -2.33. The number of hydrogen-bond acceptors (Lipinski definition) is 7. The lowest BCUT2D eigenvalue weighted by molar-refractivity contribution is 0.0595. The van der Waals surface area contributed by atoms with Crippen LogP contribution in [0.2, 0.25) is 0 Å². The monoisotopic (exact) mass is 473 g/mol. The van der Waals surface area contributed by atoms with Crippen LogP contribution in [0.5, 0.6) is 0 Å². The normalized spacial score (nSPS) is 14.6. The maximum absolute atomic E-state index is 13.3. The first-order chi connectivity index (χ1) is 15.4. The van der Waals surface area contributed by atoms with E-state index in [1.807, 2.05) is 18.2 Å². The van der Waals surface area contributed by atoms with Crippen LogP contribution >= 0.6 is 11.3 Å². The lowest BCUT2D eigenvalue weighted by Crippen LogP contribution is -2.31. The largest absolute Gasteiger partial charge is 0.465 e. The third kappa shape index (κ3) is 4.05. The maximum atomic E-state index is 13.3. The molecule has 0 unspecified atom stereocenters. The number of nitrogens with zero attached hydrogens (tertiary/aromatic N) is 3. The number of pyridine rings is 1. The Morgan fingerprint density at radius 2 is 2.00 bits per heavy atom. The number of thiophene rings is 1. The van der Waals surface area contributed by atoms with E-state index in [9.17, 15) is 13.2 Å². The molecule has 3 heterocycles. The summed E-state index contributed by atoms with van der Waals surface area (Å²) in [5.74, 6) is -0.582. The third-order valence-electron chi connectivity index (χ3n) is 5.90. The highest BCUT2D eigenvalue weighted by atomic mass is 32.2. The zero-order valence-electron chi connectivity index (χ0n) is 18.5. The van der Waals surface area contributed by atoms with E-state index in [0.29, 0.717) is 26.1 Å². The van der Waals surface area contributed by atoms with Crippen LogP contribution in [-0.4, -0.2) is 55.3 Å². The van der Waals surface area contributed by atoms with E-state index in [0.717, 1.165) is 34.4 Å². The lowest BCUT2D eigenvalue weighted by atomic mass is 10.0. The maximum Gasteiger partial charge on any atom is 0.340 e. The molecule has 7 nitrogen and oxygen atoms in total. The average Bonchev–Trinajstić information content (AvgIpc) is 3.19. The predicted molar refractivity (Wildman–Crippen MR) is 125 cm³/mol. The van der Waals surface area contributed by atoms with E-state index < -0.39 is 16.0 Å². The number of sulfonamides is 1. The summed E-state index contributed by atoms with van der Waals surface area (Å²) in [6.07, 6.45) is 2.39. The minimum atomic E-state index is -3.76. The molecule has 4 rings (SSSR count). The van der Waals surface area contributed by atoms with Crippen molar-refractivity contribution in [3.63, 3.8) is 0 Å². The van der Waals surface area contributed by atoms with Gasteiger partial charge in [0.25, 0.3) is 10.0 Å². The number of methoxy groups -OCH3 is 1. The van der Waals surface area contributed by atoms with Crippen LogP contribution in [0.1, 0.15) is 40.2 Å². The van der Waals surface area contributed by atoms with E-state index in [2.05, 4.69) is 22.0 Å². The smallest absolute Gasteiger partial charge is 0.340 e. The fraction of sp³-hybridized carbons (Fsp3) is 0.391. The number of esters is 1. The van der Waals surface area contributed by atoms with Crippen LogP contribution in [0.4, 0.5) is 0 Å². The van der Waals surface area contributed by atoms with Gasteiger partial charge < -0.3 is 4.74 Å². The Morgan fingerprint density at radius 3 is 2.72 bits per heavy atom. The third-order valence-corrected chi connectivity index (χ3v) is 9.66. The summed E-state index contributed by atoms with van der Waals surface area (Å²) in [5, 5.41) is 1.12. The second-order valence-corrected chi connectivity index (χ2v) is 10.9. The van der Waals surface area contributed by atoms with E-state index in [1.54, 1.807) is 20.0 Å². The highest BCUT2D eigenvalue weighted by Gasteiger charge is 2.36. The van der Waals surface area contributed by atoms with Crippen molar-refractivity contribution in [2.24, 2.45) is 0 Å². The van der Waals surface area contributed by atoms with Crippen LogP contribution in [0.25, 0.3) is 10.9 Å². The molecule has 0 bridgehead atoms. The molecule has 0 saturated heterocycles. The Morgan fingerprint density at radius 1 is 1.22 bits per heavy atom. The van der Waals surface area contributed by atoms with Crippen LogP contribution in [-0.2, 0) is 34.3 Å². The van der Waals surface area contributed by atoms with Crippen LogP contribution < -0.4 is 0 Å². The van der Waals surface area contributed by atoms with Gasteiger partial charge in [0.15, 0.2) is 0 Å². The molecule has 0 fully saturated rings. The standard InChI is InChI=1S/C23H27N3O4S2/c1-4-26(5-2)32(28,29)23-21(22(27)30-3)18-11-13-25(15-20(18)31-23)14-16-8-6-10-19-17(16)9-7-12-24-19/h6-10,12H,4-5,11,13-15H2,1-3H3. The zero-order valence-corrected chi connectivity index (χ0v) is 20.1. The van der Waals surface area contributed by atoms with E-state index in [1.165, 1.54) is 28.3 Å². The number of rotatable bonds is 7. The quantitative estimate of drug-likeness (QED) is 0.487. The van der Waals surface area contributed by atoms with Crippen LogP contribution in [0.3, 0.4) is 0 Å². The molecular weight excluding hydrogens is 446 g/mol. The molecule has 0 atom stereocenters. The van der Waals surface area contributed by atoms with Crippen molar-refractivity contribution in [2.45, 2.75) is 37.6 Å². The van der Waals surface area contributed by atoms with Gasteiger partial charge in [0, 0.05) is 49.2 Å². The van der Waals surface area contributed by atoms with Crippen molar-refractivity contribution in [1.29, 1.82) is 0 Å². The van der Waals surface area contributed by atoms with Crippen LogP contribution in [0, 0.1) is 0 Å². The molecule has 32 heavy (non-hydrogen) atoms. The van der Waals surface area contributed by atoms with E-state index >= 15 is 0 Å². The van der Waals surface area contributed by atoms with Gasteiger partial charge in [-0.3, -0.25) is 9.88 Å². The molecule has 3 aromatic rings. The number of benzene rings is 1. The number of ether oxygens (including phenoxy) is 1. The Balaban J connectivity index is 1.69. The Kier molecular flexibility index (Phi) is 6.62. The van der Waals surface area contributed by atoms with Gasteiger partial charge in [-0.25, -0.2) is 13.2 Å². The van der Waals surface area contributed by atoms with Gasteiger partial charge in [0.05, 0.1) is 18.2 Å². The highest BCUT2D eigenvalue weighted by Crippen LogP contribution is 2.38. The molecule has 0 radical (unpaired) electrons. The summed E-state index contributed by atoms with van der Waals surface area (Å²) < 4.78 is 33.0. The number of carbonyl (C=O) groups excluding carboxylic acids is 1. The molecule has 1 aliphatic rings. The molecule has 1 aliphatic heterocycles. The first-order valence-corrected chi connectivity index (χ1v) is 12.9. The molecule has 1 aromatic carbocycles. The molecule has 170 valence electrons. The molecule has 2 aromatic heterocycles. The lowest BCUT2D eigenvalue weighted by Gasteiger charge is -2.27. The van der Waals surface area contributed by atoms with Crippen LogP contribution in [0.15, 0.2) is 40.7 Å². The van der Waals surface area contributed by atoms with Crippen molar-refractivity contribution in [3.05, 3.63) is 58.1 Å². The minimum Gasteiger partial charge on any atom is -0.465 e. The van der Waals surface area contributed by atoms with Gasteiger partial charge >= 0.3 is 5.97 Å². The van der Waals surface area contributed by atoms with Crippen molar-refractivity contribution in [1.82, 2.24) is 14.2 Å². The first-order valence-electron chi connectivity index (χ1n) is 10.7. The van der Waals surface area contributed by atoms with Gasteiger partial charge in [-0.05, 0) is 29.7 Å². The van der Waals surface area contributed by atoms with Crippen molar-refractivity contribution >= 4 is 38.2 Å². The average molecular weight is 474 g/mol. The first kappa shape index (κ1) is 22.8. The zero-order chi connectivity index (χ0) is 22.9. The Bertz CT molecular complexity index is 1240. The SMILES string of the molecule is CCN(CC)S(=O)(=O)c1sc2c(c1C(=O)OC)CCN(Cc1cccc3ncccc13)C2. The summed E-state index contributed by atoms with van der Waals surface area (Å²) in [5.41, 5.74) is 3.16. The summed E-state index contributed by atoms with van der Waals surface area (Å²) in [6.45, 7) is 6.35. The van der Waals surface area contributed by atoms with Crippen molar-refractivity contribution in [2.75, 3.05) is 26.7 Å². The fourth-order valence-electron chi connectivity index (χ4n) is 4.28. The molecule has 0 aliphatic carbocycles.